The van der Waals surface area contributed by atoms with Crippen molar-refractivity contribution in [3.05, 3.63) is 18.0 Å². The third kappa shape index (κ3) is 3.04. The summed E-state index contributed by atoms with van der Waals surface area (Å²) in [4.78, 5) is 15.1. The van der Waals surface area contributed by atoms with Gasteiger partial charge in [-0.2, -0.15) is 0 Å². The molecule has 1 fully saturated rings. The molecule has 1 saturated heterocycles. The van der Waals surface area contributed by atoms with Crippen molar-refractivity contribution in [2.45, 2.75) is 19.5 Å². The fourth-order valence-corrected chi connectivity index (χ4v) is 2.03. The number of piperazine rings is 1. The lowest BCUT2D eigenvalue weighted by Crippen LogP contribution is -2.51. The third-order valence-electron chi connectivity index (χ3n) is 3.20. The SMILES string of the molecule is CC(C(=O)O)N1CCN(Cc2cnoc2)CC1. The lowest BCUT2D eigenvalue weighted by Gasteiger charge is -2.36. The van der Waals surface area contributed by atoms with Crippen molar-refractivity contribution in [1.82, 2.24) is 15.0 Å². The van der Waals surface area contributed by atoms with E-state index < -0.39 is 12.0 Å². The monoisotopic (exact) mass is 239 g/mol. The molecule has 6 nitrogen and oxygen atoms in total. The summed E-state index contributed by atoms with van der Waals surface area (Å²) in [6.45, 7) is 5.89. The number of hydrogen-bond acceptors (Lipinski definition) is 5. The van der Waals surface area contributed by atoms with Crippen molar-refractivity contribution in [3.8, 4) is 0 Å². The van der Waals surface area contributed by atoms with Gasteiger partial charge in [0.1, 0.15) is 12.3 Å². The molecular formula is C11H17N3O3. The smallest absolute Gasteiger partial charge is 0.320 e. The van der Waals surface area contributed by atoms with Gasteiger partial charge in [0.25, 0.3) is 0 Å². The minimum absolute atomic E-state index is 0.396. The van der Waals surface area contributed by atoms with Crippen LogP contribution in [0.15, 0.2) is 17.0 Å². The number of carbonyl (C=O) groups is 1. The van der Waals surface area contributed by atoms with Gasteiger partial charge < -0.3 is 9.63 Å². The van der Waals surface area contributed by atoms with E-state index in [2.05, 4.69) is 10.1 Å². The van der Waals surface area contributed by atoms with E-state index in [1.54, 1.807) is 19.4 Å². The first-order chi connectivity index (χ1) is 8.16. The summed E-state index contributed by atoms with van der Waals surface area (Å²) in [6.07, 6.45) is 3.36. The number of rotatable bonds is 4. The van der Waals surface area contributed by atoms with Crippen LogP contribution in [0, 0.1) is 0 Å². The van der Waals surface area contributed by atoms with Crippen LogP contribution < -0.4 is 0 Å². The van der Waals surface area contributed by atoms with Crippen LogP contribution in [0.4, 0.5) is 0 Å². The molecule has 17 heavy (non-hydrogen) atoms. The van der Waals surface area contributed by atoms with E-state index in [-0.39, 0.29) is 0 Å². The molecule has 1 aromatic rings. The van der Waals surface area contributed by atoms with E-state index in [1.807, 2.05) is 4.90 Å². The highest BCUT2D eigenvalue weighted by molar-refractivity contribution is 5.72. The largest absolute Gasteiger partial charge is 0.480 e. The van der Waals surface area contributed by atoms with Gasteiger partial charge in [0.2, 0.25) is 0 Å². The first-order valence-electron chi connectivity index (χ1n) is 5.74. The summed E-state index contributed by atoms with van der Waals surface area (Å²) in [5.74, 6) is -0.752. The topological polar surface area (TPSA) is 69.8 Å². The van der Waals surface area contributed by atoms with E-state index in [9.17, 15) is 4.79 Å². The van der Waals surface area contributed by atoms with Gasteiger partial charge in [0, 0.05) is 38.3 Å². The summed E-state index contributed by atoms with van der Waals surface area (Å²) in [7, 11) is 0. The van der Waals surface area contributed by atoms with Crippen molar-refractivity contribution >= 4 is 5.97 Å². The van der Waals surface area contributed by atoms with Gasteiger partial charge in [-0.3, -0.25) is 14.6 Å². The number of carboxylic acids is 1. The molecule has 0 radical (unpaired) electrons. The van der Waals surface area contributed by atoms with Gasteiger partial charge in [-0.1, -0.05) is 5.16 Å². The van der Waals surface area contributed by atoms with Crippen LogP contribution in [0.3, 0.4) is 0 Å². The maximum atomic E-state index is 10.9. The molecule has 1 N–H and O–H groups in total. The second-order valence-corrected chi connectivity index (χ2v) is 4.36. The summed E-state index contributed by atoms with van der Waals surface area (Å²) in [5, 5.41) is 12.6. The molecule has 94 valence electrons. The molecule has 0 bridgehead atoms. The first-order valence-corrected chi connectivity index (χ1v) is 5.74. The first kappa shape index (κ1) is 12.1. The Kier molecular flexibility index (Phi) is 3.75. The van der Waals surface area contributed by atoms with Crippen molar-refractivity contribution < 1.29 is 14.4 Å². The molecule has 0 amide bonds. The number of nitrogens with zero attached hydrogens (tertiary/aromatic N) is 3. The van der Waals surface area contributed by atoms with Gasteiger partial charge in [0.05, 0.1) is 6.20 Å². The van der Waals surface area contributed by atoms with Crippen LogP contribution in [-0.4, -0.2) is 58.3 Å². The standard InChI is InChI=1S/C11H17N3O3/c1-9(11(15)16)14-4-2-13(3-5-14)7-10-6-12-17-8-10/h6,8-9H,2-5,7H2,1H3,(H,15,16). The Labute approximate surface area is 99.8 Å². The lowest BCUT2D eigenvalue weighted by atomic mass is 10.2. The third-order valence-corrected chi connectivity index (χ3v) is 3.20. The Hall–Kier alpha value is -1.40. The Bertz CT molecular complexity index is 358. The summed E-state index contributed by atoms with van der Waals surface area (Å²) >= 11 is 0. The number of carboxylic acid groups (broad SMARTS) is 1. The number of aromatic nitrogens is 1. The summed E-state index contributed by atoms with van der Waals surface area (Å²) in [6, 6.07) is -0.396. The fraction of sp³-hybridized carbons (Fsp3) is 0.636. The molecule has 0 spiro atoms. The predicted molar refractivity (Wildman–Crippen MR) is 60.5 cm³/mol. The summed E-state index contributed by atoms with van der Waals surface area (Å²) in [5.41, 5.74) is 1.06. The molecule has 2 heterocycles. The molecule has 1 unspecified atom stereocenters. The molecule has 0 aliphatic carbocycles. The van der Waals surface area contributed by atoms with Crippen LogP contribution in [0.2, 0.25) is 0 Å². The molecule has 1 aromatic heterocycles. The van der Waals surface area contributed by atoms with Crippen LogP contribution in [0.1, 0.15) is 12.5 Å². The van der Waals surface area contributed by atoms with Crippen LogP contribution in [-0.2, 0) is 11.3 Å². The highest BCUT2D eigenvalue weighted by Crippen LogP contribution is 2.10. The van der Waals surface area contributed by atoms with Gasteiger partial charge in [-0.15, -0.1) is 0 Å². The average molecular weight is 239 g/mol. The Morgan fingerprint density at radius 1 is 1.53 bits per heavy atom. The Balaban J connectivity index is 1.80. The van der Waals surface area contributed by atoms with Gasteiger partial charge in [0.15, 0.2) is 0 Å². The van der Waals surface area contributed by atoms with E-state index in [0.29, 0.717) is 0 Å². The molecule has 6 heteroatoms. The van der Waals surface area contributed by atoms with E-state index in [4.69, 9.17) is 9.63 Å². The zero-order valence-electron chi connectivity index (χ0n) is 9.87. The average Bonchev–Trinajstić information content (AvgIpc) is 2.82. The Morgan fingerprint density at radius 2 is 2.24 bits per heavy atom. The highest BCUT2D eigenvalue weighted by Gasteiger charge is 2.25. The van der Waals surface area contributed by atoms with E-state index in [1.165, 1.54) is 0 Å². The van der Waals surface area contributed by atoms with Gasteiger partial charge in [-0.05, 0) is 6.92 Å². The quantitative estimate of drug-likeness (QED) is 0.813. The van der Waals surface area contributed by atoms with E-state index >= 15 is 0 Å². The Morgan fingerprint density at radius 3 is 2.76 bits per heavy atom. The van der Waals surface area contributed by atoms with Crippen molar-refractivity contribution in [2.24, 2.45) is 0 Å². The number of hydrogen-bond donors (Lipinski definition) is 1. The second-order valence-electron chi connectivity index (χ2n) is 4.36. The molecule has 1 atom stereocenters. The van der Waals surface area contributed by atoms with E-state index in [0.717, 1.165) is 38.3 Å². The molecular weight excluding hydrogens is 222 g/mol. The molecule has 0 aromatic carbocycles. The minimum Gasteiger partial charge on any atom is -0.480 e. The fourth-order valence-electron chi connectivity index (χ4n) is 2.03. The predicted octanol–water partition coefficient (Wildman–Crippen LogP) is 0.265. The highest BCUT2D eigenvalue weighted by atomic mass is 16.5. The van der Waals surface area contributed by atoms with Crippen molar-refractivity contribution in [3.63, 3.8) is 0 Å². The molecule has 0 saturated carbocycles. The minimum atomic E-state index is -0.752. The second kappa shape index (κ2) is 5.29. The molecule has 1 aliphatic rings. The zero-order valence-corrected chi connectivity index (χ0v) is 9.87. The van der Waals surface area contributed by atoms with Crippen molar-refractivity contribution in [2.75, 3.05) is 26.2 Å². The van der Waals surface area contributed by atoms with Crippen LogP contribution in [0.25, 0.3) is 0 Å². The zero-order chi connectivity index (χ0) is 12.3. The van der Waals surface area contributed by atoms with Crippen molar-refractivity contribution in [1.29, 1.82) is 0 Å². The molecule has 2 rings (SSSR count). The normalized spacial score (nSPS) is 20.3. The molecule has 1 aliphatic heterocycles. The van der Waals surface area contributed by atoms with Crippen LogP contribution in [0.5, 0.6) is 0 Å². The van der Waals surface area contributed by atoms with Crippen LogP contribution >= 0.6 is 0 Å². The lowest BCUT2D eigenvalue weighted by molar-refractivity contribution is -0.143. The van der Waals surface area contributed by atoms with Gasteiger partial charge in [-0.25, -0.2) is 0 Å². The number of aliphatic carboxylic acids is 1. The summed E-state index contributed by atoms with van der Waals surface area (Å²) < 4.78 is 4.78. The van der Waals surface area contributed by atoms with Gasteiger partial charge >= 0.3 is 5.97 Å². The maximum Gasteiger partial charge on any atom is 0.320 e. The maximum absolute atomic E-state index is 10.9.